The minimum atomic E-state index is 0.667. The highest BCUT2D eigenvalue weighted by Gasteiger charge is 2.18. The van der Waals surface area contributed by atoms with E-state index in [9.17, 15) is 5.26 Å². The maximum atomic E-state index is 9.44. The van der Waals surface area contributed by atoms with E-state index in [1.165, 1.54) is 102 Å². The van der Waals surface area contributed by atoms with E-state index in [4.69, 9.17) is 0 Å². The molecule has 0 fully saturated rings. The SMILES string of the molecule is N#Cc1ccc(-c2c3ccccc3c(-c3ccc4cc(-c5cc6ccccc6c6c5sc5cc7ccccc7cc56)ccc4c3)c3ccccc23)cc1. The Bertz CT molecular complexity index is 3290. The first-order chi connectivity index (χ1) is 26.2. The Balaban J connectivity index is 1.10. The Kier molecular flexibility index (Phi) is 6.55. The minimum Gasteiger partial charge on any atom is -0.192 e. The van der Waals surface area contributed by atoms with Gasteiger partial charge in [-0.1, -0.05) is 133 Å². The summed E-state index contributed by atoms with van der Waals surface area (Å²) in [6.45, 7) is 0. The molecule has 11 rings (SSSR count). The number of nitriles is 1. The summed E-state index contributed by atoms with van der Waals surface area (Å²) >= 11 is 1.91. The maximum absolute atomic E-state index is 9.44. The number of benzene rings is 10. The molecular formula is C51H29NS. The average Bonchev–Trinajstić information content (AvgIpc) is 3.60. The van der Waals surface area contributed by atoms with Crippen molar-refractivity contribution in [1.82, 2.24) is 0 Å². The van der Waals surface area contributed by atoms with Gasteiger partial charge in [-0.3, -0.25) is 0 Å². The fourth-order valence-electron chi connectivity index (χ4n) is 8.56. The molecule has 0 radical (unpaired) electrons. The van der Waals surface area contributed by atoms with Gasteiger partial charge in [0.15, 0.2) is 0 Å². The molecule has 0 aliphatic carbocycles. The number of nitrogens with zero attached hydrogens (tertiary/aromatic N) is 1. The summed E-state index contributed by atoms with van der Waals surface area (Å²) in [5.41, 5.74) is 7.95. The molecule has 0 spiro atoms. The van der Waals surface area contributed by atoms with Crippen molar-refractivity contribution in [2.24, 2.45) is 0 Å². The van der Waals surface area contributed by atoms with Gasteiger partial charge in [-0.05, 0) is 124 Å². The normalized spacial score (nSPS) is 11.8. The maximum Gasteiger partial charge on any atom is 0.0991 e. The molecule has 0 amide bonds. The van der Waals surface area contributed by atoms with Crippen molar-refractivity contribution in [1.29, 1.82) is 5.26 Å². The van der Waals surface area contributed by atoms with Gasteiger partial charge in [0, 0.05) is 25.7 Å². The van der Waals surface area contributed by atoms with Crippen LogP contribution in [0.25, 0.3) is 107 Å². The second-order valence-electron chi connectivity index (χ2n) is 14.0. The Morgan fingerprint density at radius 1 is 0.377 bits per heavy atom. The van der Waals surface area contributed by atoms with Gasteiger partial charge in [0.05, 0.1) is 11.6 Å². The van der Waals surface area contributed by atoms with Crippen LogP contribution in [0.1, 0.15) is 5.56 Å². The summed E-state index contributed by atoms with van der Waals surface area (Å²) in [5, 5.41) is 24.5. The summed E-state index contributed by atoms with van der Waals surface area (Å²) in [6, 6.07) is 66.3. The molecule has 10 aromatic carbocycles. The highest BCUT2D eigenvalue weighted by atomic mass is 32.1. The fourth-order valence-corrected chi connectivity index (χ4v) is 9.84. The van der Waals surface area contributed by atoms with Crippen molar-refractivity contribution in [2.75, 3.05) is 0 Å². The third kappa shape index (κ3) is 4.62. The van der Waals surface area contributed by atoms with Crippen molar-refractivity contribution < 1.29 is 0 Å². The molecule has 2 heteroatoms. The summed E-state index contributed by atoms with van der Waals surface area (Å²) in [4.78, 5) is 0. The standard InChI is InChI=1S/C51H29NS/c52-30-31-17-19-32(20-18-31)48-41-13-5-7-15-43(41)49(44-16-8-6-14-42(44)48)39-24-22-35-25-38(23-21-36(35)26-39)45-28-37-11-3-4-12-40(37)50-46-27-33-9-1-2-10-34(33)29-47(46)53-51(45)50/h1-29H. The summed E-state index contributed by atoms with van der Waals surface area (Å²) in [7, 11) is 0. The number of hydrogen-bond acceptors (Lipinski definition) is 2. The van der Waals surface area contributed by atoms with Crippen LogP contribution >= 0.6 is 11.3 Å². The monoisotopic (exact) mass is 687 g/mol. The van der Waals surface area contributed by atoms with Crippen LogP contribution in [-0.4, -0.2) is 0 Å². The van der Waals surface area contributed by atoms with Crippen LogP contribution < -0.4 is 0 Å². The lowest BCUT2D eigenvalue weighted by atomic mass is 9.85. The molecule has 0 saturated carbocycles. The van der Waals surface area contributed by atoms with Crippen molar-refractivity contribution in [2.45, 2.75) is 0 Å². The van der Waals surface area contributed by atoms with Gasteiger partial charge in [-0.2, -0.15) is 5.26 Å². The first kappa shape index (κ1) is 29.9. The predicted molar refractivity (Wildman–Crippen MR) is 228 cm³/mol. The molecule has 0 bridgehead atoms. The molecule has 0 aliphatic rings. The van der Waals surface area contributed by atoms with Crippen molar-refractivity contribution in [3.05, 3.63) is 181 Å². The van der Waals surface area contributed by atoms with E-state index < -0.39 is 0 Å². The van der Waals surface area contributed by atoms with Crippen LogP contribution in [0.5, 0.6) is 0 Å². The quantitative estimate of drug-likeness (QED) is 0.170. The highest BCUT2D eigenvalue weighted by Crippen LogP contribution is 2.47. The van der Waals surface area contributed by atoms with Crippen molar-refractivity contribution in [3.8, 4) is 39.4 Å². The third-order valence-electron chi connectivity index (χ3n) is 11.0. The van der Waals surface area contributed by atoms with Gasteiger partial charge in [-0.15, -0.1) is 11.3 Å². The first-order valence-electron chi connectivity index (χ1n) is 18.0. The number of fused-ring (bicyclic) bond motifs is 9. The van der Waals surface area contributed by atoms with Crippen molar-refractivity contribution >= 4 is 85.4 Å². The molecular weight excluding hydrogens is 659 g/mol. The summed E-state index contributed by atoms with van der Waals surface area (Å²) in [6.07, 6.45) is 0. The molecule has 0 aliphatic heterocycles. The lowest BCUT2D eigenvalue weighted by Crippen LogP contribution is -1.91. The second kappa shape index (κ2) is 11.6. The Labute approximate surface area is 310 Å². The van der Waals surface area contributed by atoms with E-state index in [0.29, 0.717) is 5.56 Å². The van der Waals surface area contributed by atoms with Gasteiger partial charge in [-0.25, -0.2) is 0 Å². The Morgan fingerprint density at radius 3 is 1.51 bits per heavy atom. The average molecular weight is 688 g/mol. The van der Waals surface area contributed by atoms with Crippen LogP contribution in [-0.2, 0) is 0 Å². The second-order valence-corrected chi connectivity index (χ2v) is 15.0. The van der Waals surface area contributed by atoms with Gasteiger partial charge in [0.25, 0.3) is 0 Å². The number of thiophene rings is 1. The van der Waals surface area contributed by atoms with Crippen LogP contribution in [0.3, 0.4) is 0 Å². The topological polar surface area (TPSA) is 23.8 Å². The van der Waals surface area contributed by atoms with E-state index in [1.807, 2.05) is 23.5 Å². The van der Waals surface area contributed by atoms with Crippen molar-refractivity contribution in [3.63, 3.8) is 0 Å². The van der Waals surface area contributed by atoms with E-state index >= 15 is 0 Å². The van der Waals surface area contributed by atoms with Gasteiger partial charge >= 0.3 is 0 Å². The smallest absolute Gasteiger partial charge is 0.0991 e. The van der Waals surface area contributed by atoms with E-state index in [-0.39, 0.29) is 0 Å². The first-order valence-corrected chi connectivity index (χ1v) is 18.8. The molecule has 0 saturated heterocycles. The fraction of sp³-hybridized carbons (Fsp3) is 0. The van der Waals surface area contributed by atoms with Gasteiger partial charge < -0.3 is 0 Å². The van der Waals surface area contributed by atoms with Crippen LogP contribution in [0.15, 0.2) is 176 Å². The number of rotatable bonds is 3. The third-order valence-corrected chi connectivity index (χ3v) is 12.2. The molecule has 11 aromatic rings. The molecule has 244 valence electrons. The molecule has 1 aromatic heterocycles. The van der Waals surface area contributed by atoms with E-state index in [1.54, 1.807) is 0 Å². The van der Waals surface area contributed by atoms with E-state index in [2.05, 4.69) is 170 Å². The Morgan fingerprint density at radius 2 is 0.868 bits per heavy atom. The van der Waals surface area contributed by atoms with Gasteiger partial charge in [0.2, 0.25) is 0 Å². The zero-order valence-electron chi connectivity index (χ0n) is 28.6. The Hall–Kier alpha value is -6.79. The van der Waals surface area contributed by atoms with Crippen LogP contribution in [0, 0.1) is 11.3 Å². The predicted octanol–water partition coefficient (Wildman–Crippen LogP) is 14.7. The molecule has 1 heterocycles. The molecule has 0 unspecified atom stereocenters. The van der Waals surface area contributed by atoms with E-state index in [0.717, 1.165) is 5.56 Å². The number of hydrogen-bond donors (Lipinski definition) is 0. The molecule has 0 N–H and O–H groups in total. The lowest BCUT2D eigenvalue weighted by Gasteiger charge is -2.18. The van der Waals surface area contributed by atoms with Crippen LogP contribution in [0.4, 0.5) is 0 Å². The largest absolute Gasteiger partial charge is 0.192 e. The highest BCUT2D eigenvalue weighted by molar-refractivity contribution is 7.26. The molecule has 1 nitrogen and oxygen atoms in total. The minimum absolute atomic E-state index is 0.667. The lowest BCUT2D eigenvalue weighted by molar-refractivity contribution is 1.49. The molecule has 53 heavy (non-hydrogen) atoms. The van der Waals surface area contributed by atoms with Crippen LogP contribution in [0.2, 0.25) is 0 Å². The van der Waals surface area contributed by atoms with Gasteiger partial charge in [0.1, 0.15) is 0 Å². The molecule has 0 atom stereocenters. The zero-order chi connectivity index (χ0) is 35.0. The zero-order valence-corrected chi connectivity index (χ0v) is 29.4. The summed E-state index contributed by atoms with van der Waals surface area (Å²) in [5.74, 6) is 0. The summed E-state index contributed by atoms with van der Waals surface area (Å²) < 4.78 is 2.66.